The van der Waals surface area contributed by atoms with Gasteiger partial charge in [-0.25, -0.2) is 4.79 Å². The van der Waals surface area contributed by atoms with E-state index >= 15 is 0 Å². The van der Waals surface area contributed by atoms with E-state index in [-0.39, 0.29) is 19.3 Å². The number of aliphatic hydroxyl groups excluding tert-OH is 1. The number of hydroxylamine groups is 2. The van der Waals surface area contributed by atoms with Gasteiger partial charge in [0.25, 0.3) is 11.8 Å². The lowest BCUT2D eigenvalue weighted by Gasteiger charge is -2.14. The van der Waals surface area contributed by atoms with Crippen LogP contribution in [0.1, 0.15) is 90.4 Å². The fourth-order valence-electron chi connectivity index (χ4n) is 2.78. The quantitative estimate of drug-likeness (QED) is 0.410. The van der Waals surface area contributed by atoms with Crippen molar-refractivity contribution in [2.75, 3.05) is 0 Å². The second-order valence-electron chi connectivity index (χ2n) is 6.52. The van der Waals surface area contributed by atoms with Crippen molar-refractivity contribution in [1.82, 2.24) is 5.06 Å². The molecular weight excluding hydrogens is 310 g/mol. The molecule has 0 aromatic heterocycles. The van der Waals surface area contributed by atoms with Gasteiger partial charge in [0.15, 0.2) is 0 Å². The molecule has 0 aliphatic carbocycles. The molecule has 2 amide bonds. The smallest absolute Gasteiger partial charge is 0.335 e. The van der Waals surface area contributed by atoms with Gasteiger partial charge in [-0.3, -0.25) is 9.59 Å². The van der Waals surface area contributed by atoms with Crippen molar-refractivity contribution in [3.8, 4) is 0 Å². The summed E-state index contributed by atoms with van der Waals surface area (Å²) in [5, 5.41) is 10.4. The molecule has 1 fully saturated rings. The van der Waals surface area contributed by atoms with E-state index in [1.807, 2.05) is 0 Å². The van der Waals surface area contributed by atoms with E-state index in [2.05, 4.69) is 6.92 Å². The molecule has 138 valence electrons. The van der Waals surface area contributed by atoms with E-state index in [1.165, 1.54) is 38.5 Å². The summed E-state index contributed by atoms with van der Waals surface area (Å²) in [6.07, 6.45) is 10.5. The Bertz CT molecular complexity index is 394. The van der Waals surface area contributed by atoms with Gasteiger partial charge in [-0.2, -0.15) is 0 Å². The number of unbranched alkanes of at least 4 members (excludes halogenated alkanes) is 8. The number of hydrogen-bond acceptors (Lipinski definition) is 5. The Labute approximate surface area is 144 Å². The van der Waals surface area contributed by atoms with Crippen molar-refractivity contribution in [2.24, 2.45) is 0 Å². The van der Waals surface area contributed by atoms with Gasteiger partial charge in [0, 0.05) is 12.8 Å². The first-order chi connectivity index (χ1) is 11.5. The monoisotopic (exact) mass is 341 g/mol. The highest BCUT2D eigenvalue weighted by Gasteiger charge is 2.33. The van der Waals surface area contributed by atoms with Crippen LogP contribution in [0, 0.1) is 0 Å². The summed E-state index contributed by atoms with van der Waals surface area (Å²) in [5.41, 5.74) is 0. The Morgan fingerprint density at radius 1 is 1.00 bits per heavy atom. The molecule has 1 heterocycles. The fourth-order valence-corrected chi connectivity index (χ4v) is 2.78. The van der Waals surface area contributed by atoms with Crippen LogP contribution in [0.2, 0.25) is 0 Å². The molecule has 0 saturated carbocycles. The molecule has 0 unspecified atom stereocenters. The number of amides is 2. The molecule has 6 nitrogen and oxygen atoms in total. The number of imide groups is 1. The Hall–Kier alpha value is -1.43. The van der Waals surface area contributed by atoms with Crippen LogP contribution in [0.15, 0.2) is 0 Å². The number of carbonyl (C=O) groups is 3. The average Bonchev–Trinajstić information content (AvgIpc) is 2.85. The molecule has 1 aliphatic rings. The first-order valence-electron chi connectivity index (χ1n) is 9.29. The maximum Gasteiger partial charge on any atom is 0.335 e. The Morgan fingerprint density at radius 2 is 1.50 bits per heavy atom. The molecular formula is C18H31NO5. The molecule has 0 bridgehead atoms. The van der Waals surface area contributed by atoms with E-state index in [9.17, 15) is 19.5 Å². The van der Waals surface area contributed by atoms with Crippen molar-refractivity contribution >= 4 is 17.8 Å². The number of rotatable bonds is 13. The Balaban J connectivity index is 2.01. The van der Waals surface area contributed by atoms with Gasteiger partial charge in [0.05, 0.1) is 12.5 Å². The van der Waals surface area contributed by atoms with Crippen molar-refractivity contribution < 1.29 is 24.3 Å². The first kappa shape index (κ1) is 20.6. The minimum absolute atomic E-state index is 0.0765. The fraction of sp³-hybridized carbons (Fsp3) is 0.833. The van der Waals surface area contributed by atoms with Crippen LogP contribution in [-0.2, 0) is 19.2 Å². The molecule has 0 radical (unpaired) electrons. The second-order valence-corrected chi connectivity index (χ2v) is 6.52. The Kier molecular flexibility index (Phi) is 10.3. The molecule has 24 heavy (non-hydrogen) atoms. The van der Waals surface area contributed by atoms with Crippen molar-refractivity contribution in [1.29, 1.82) is 0 Å². The predicted octanol–water partition coefficient (Wildman–Crippen LogP) is 3.27. The van der Waals surface area contributed by atoms with Crippen molar-refractivity contribution in [2.45, 2.75) is 96.5 Å². The lowest BCUT2D eigenvalue weighted by atomic mass is 10.0. The lowest BCUT2D eigenvalue weighted by Crippen LogP contribution is -2.33. The molecule has 1 atom stereocenters. The van der Waals surface area contributed by atoms with Gasteiger partial charge in [-0.1, -0.05) is 64.7 Å². The summed E-state index contributed by atoms with van der Waals surface area (Å²) in [6.45, 7) is 2.21. The number of aliphatic hydroxyl groups is 1. The zero-order valence-corrected chi connectivity index (χ0v) is 14.8. The summed E-state index contributed by atoms with van der Waals surface area (Å²) in [7, 11) is 0. The van der Waals surface area contributed by atoms with Gasteiger partial charge < -0.3 is 9.94 Å². The average molecular weight is 341 g/mol. The highest BCUT2D eigenvalue weighted by atomic mass is 16.7. The van der Waals surface area contributed by atoms with Crippen LogP contribution in [0.5, 0.6) is 0 Å². The van der Waals surface area contributed by atoms with Gasteiger partial charge in [0.1, 0.15) is 0 Å². The molecule has 6 heteroatoms. The van der Waals surface area contributed by atoms with Gasteiger partial charge in [0.2, 0.25) is 0 Å². The Morgan fingerprint density at radius 3 is 2.04 bits per heavy atom. The molecule has 1 N–H and O–H groups in total. The molecule has 1 aliphatic heterocycles. The number of carbonyl (C=O) groups excluding carboxylic acids is 3. The topological polar surface area (TPSA) is 83.9 Å². The minimum atomic E-state index is -0.783. The largest absolute Gasteiger partial charge is 0.393 e. The highest BCUT2D eigenvalue weighted by Crippen LogP contribution is 2.15. The zero-order valence-electron chi connectivity index (χ0n) is 14.8. The van der Waals surface area contributed by atoms with Crippen molar-refractivity contribution in [3.05, 3.63) is 0 Å². The SMILES string of the molecule is CCCCCCCCCCC[C@H](O)CC(=O)ON1C(=O)CCC1=O. The van der Waals surface area contributed by atoms with Crippen LogP contribution in [0.4, 0.5) is 0 Å². The van der Waals surface area contributed by atoms with E-state index < -0.39 is 23.9 Å². The third-order valence-corrected chi connectivity index (χ3v) is 4.24. The van der Waals surface area contributed by atoms with Crippen LogP contribution < -0.4 is 0 Å². The van der Waals surface area contributed by atoms with Gasteiger partial charge in [-0.15, -0.1) is 5.06 Å². The molecule has 0 spiro atoms. The first-order valence-corrected chi connectivity index (χ1v) is 9.29. The minimum Gasteiger partial charge on any atom is -0.393 e. The van der Waals surface area contributed by atoms with E-state index in [1.54, 1.807) is 0 Å². The lowest BCUT2D eigenvalue weighted by molar-refractivity contribution is -0.198. The summed E-state index contributed by atoms with van der Waals surface area (Å²) in [6, 6.07) is 0. The molecule has 1 rings (SSSR count). The molecule has 1 saturated heterocycles. The summed E-state index contributed by atoms with van der Waals surface area (Å²) >= 11 is 0. The van der Waals surface area contributed by atoms with Crippen LogP contribution in [-0.4, -0.2) is 34.1 Å². The molecule has 0 aromatic rings. The number of nitrogens with zero attached hydrogens (tertiary/aromatic N) is 1. The summed E-state index contributed by atoms with van der Waals surface area (Å²) in [5.74, 6) is -1.73. The summed E-state index contributed by atoms with van der Waals surface area (Å²) in [4.78, 5) is 39.0. The second kappa shape index (κ2) is 12.0. The van der Waals surface area contributed by atoms with Crippen LogP contribution >= 0.6 is 0 Å². The third kappa shape index (κ3) is 8.43. The third-order valence-electron chi connectivity index (χ3n) is 4.24. The zero-order chi connectivity index (χ0) is 17.8. The van der Waals surface area contributed by atoms with Gasteiger partial charge in [-0.05, 0) is 6.42 Å². The van der Waals surface area contributed by atoms with E-state index in [0.717, 1.165) is 19.3 Å². The van der Waals surface area contributed by atoms with Crippen molar-refractivity contribution in [3.63, 3.8) is 0 Å². The summed E-state index contributed by atoms with van der Waals surface area (Å²) < 4.78 is 0. The number of hydrogen-bond donors (Lipinski definition) is 1. The van der Waals surface area contributed by atoms with E-state index in [0.29, 0.717) is 11.5 Å². The molecule has 0 aromatic carbocycles. The van der Waals surface area contributed by atoms with E-state index in [4.69, 9.17) is 4.84 Å². The maximum absolute atomic E-state index is 11.6. The van der Waals surface area contributed by atoms with Crippen LogP contribution in [0.25, 0.3) is 0 Å². The predicted molar refractivity (Wildman–Crippen MR) is 89.6 cm³/mol. The maximum atomic E-state index is 11.6. The highest BCUT2D eigenvalue weighted by molar-refractivity contribution is 6.01. The standard InChI is InChI=1S/C18H31NO5/c1-2-3-4-5-6-7-8-9-10-11-15(20)14-18(23)24-19-16(21)12-13-17(19)22/h15,20H,2-14H2,1H3/t15-/m0/s1. The normalized spacial score (nSPS) is 15.8. The van der Waals surface area contributed by atoms with Gasteiger partial charge >= 0.3 is 5.97 Å². The van der Waals surface area contributed by atoms with Crippen LogP contribution in [0.3, 0.4) is 0 Å².